The van der Waals surface area contributed by atoms with Crippen LogP contribution < -0.4 is 56.5 Å². The fourth-order valence-corrected chi connectivity index (χ4v) is 2.82. The van der Waals surface area contributed by atoms with Crippen LogP contribution in [0.5, 0.6) is 0 Å². The zero-order valence-corrected chi connectivity index (χ0v) is 30.7. The molecule has 0 atom stereocenters. The van der Waals surface area contributed by atoms with Gasteiger partial charge in [0.25, 0.3) is 6.47 Å². The first-order chi connectivity index (χ1) is 19.8. The van der Waals surface area contributed by atoms with E-state index in [1.54, 1.807) is 20.8 Å². The van der Waals surface area contributed by atoms with Gasteiger partial charge in [0.15, 0.2) is 0 Å². The fraction of sp³-hybridized carbons (Fsp3) is 0.571. The minimum atomic E-state index is -0.521. The van der Waals surface area contributed by atoms with Gasteiger partial charge in [0.2, 0.25) is 32.4 Å². The molecular weight excluding hydrogens is 705 g/mol. The van der Waals surface area contributed by atoms with Crippen LogP contribution in [0.4, 0.5) is 15.5 Å². The SMILES string of the molecule is CC(C)(C)OC(=O)NCCN.CC(C)(C)OC(=O)NCCNc1nc(Cl)nc(Cl)n1.Clc1nc(Cl)nc(Cl)n1.O=CO[O-].[Na+]. The van der Waals surface area contributed by atoms with E-state index in [1.165, 1.54) is 0 Å². The molecule has 0 radical (unpaired) electrons. The fourth-order valence-electron chi connectivity index (χ4n) is 1.85. The van der Waals surface area contributed by atoms with E-state index in [0.29, 0.717) is 26.2 Å². The van der Waals surface area contributed by atoms with E-state index in [-0.39, 0.29) is 68.4 Å². The molecule has 0 saturated carbocycles. The molecule has 0 aliphatic heterocycles. The first-order valence-corrected chi connectivity index (χ1v) is 13.6. The number of hydrogen-bond acceptors (Lipinski definition) is 15. The van der Waals surface area contributed by atoms with Gasteiger partial charge in [0.05, 0.1) is 0 Å². The zero-order valence-electron chi connectivity index (χ0n) is 24.9. The van der Waals surface area contributed by atoms with Gasteiger partial charge >= 0.3 is 41.7 Å². The number of nitrogens with zero attached hydrogens (tertiary/aromatic N) is 6. The number of carbonyl (C=O) groups is 3. The summed E-state index contributed by atoms with van der Waals surface area (Å²) in [5, 5.41) is 16.4. The number of aromatic nitrogens is 6. The molecule has 2 heterocycles. The number of alkyl carbamates (subject to hydrolysis) is 2. The number of ether oxygens (including phenoxy) is 2. The number of nitrogens with one attached hydrogen (secondary N) is 3. The summed E-state index contributed by atoms with van der Waals surface area (Å²) in [6.07, 6.45) is -0.899. The third-order valence-electron chi connectivity index (χ3n) is 3.06. The molecule has 0 aromatic carbocycles. The molecule has 5 N–H and O–H groups in total. The molecule has 0 aliphatic carbocycles. The van der Waals surface area contributed by atoms with Gasteiger partial charge in [0, 0.05) is 26.2 Å². The Labute approximate surface area is 301 Å². The van der Waals surface area contributed by atoms with Gasteiger partial charge in [-0.15, -0.1) is 0 Å². The van der Waals surface area contributed by atoms with Gasteiger partial charge in [-0.05, 0) is 99.5 Å². The summed E-state index contributed by atoms with van der Waals surface area (Å²) >= 11 is 27.2. The van der Waals surface area contributed by atoms with E-state index in [0.717, 1.165) is 0 Å². The second-order valence-corrected chi connectivity index (χ2v) is 10.8. The average molecular weight is 737 g/mol. The van der Waals surface area contributed by atoms with E-state index in [9.17, 15) is 9.59 Å². The minimum absolute atomic E-state index is 0. The quantitative estimate of drug-likeness (QED) is 0.0951. The van der Waals surface area contributed by atoms with E-state index < -0.39 is 23.4 Å². The van der Waals surface area contributed by atoms with Crippen LogP contribution in [0.1, 0.15) is 41.5 Å². The number of hydrogen-bond donors (Lipinski definition) is 4. The van der Waals surface area contributed by atoms with Crippen molar-refractivity contribution in [1.29, 1.82) is 0 Å². The van der Waals surface area contributed by atoms with E-state index >= 15 is 0 Å². The first-order valence-electron chi connectivity index (χ1n) is 11.7. The molecule has 2 aromatic heterocycles. The number of carbonyl (C=O) groups excluding carboxylic acids is 3. The Balaban J connectivity index is -0.000000572. The molecule has 2 amide bonds. The topological polar surface area (TPSA) is 241 Å². The van der Waals surface area contributed by atoms with Gasteiger partial charge in [-0.2, -0.15) is 29.9 Å². The Morgan fingerprint density at radius 1 is 0.727 bits per heavy atom. The van der Waals surface area contributed by atoms with Crippen molar-refractivity contribution in [3.8, 4) is 0 Å². The Morgan fingerprint density at radius 3 is 1.34 bits per heavy atom. The Morgan fingerprint density at radius 2 is 1.05 bits per heavy atom. The molecule has 2 rings (SSSR count). The smallest absolute Gasteiger partial charge is 0.662 e. The number of rotatable bonds is 7. The van der Waals surface area contributed by atoms with Crippen molar-refractivity contribution in [2.75, 3.05) is 31.5 Å². The van der Waals surface area contributed by atoms with Gasteiger partial charge in [-0.1, -0.05) is 0 Å². The summed E-state index contributed by atoms with van der Waals surface area (Å²) in [7, 11) is 0. The molecule has 0 fully saturated rings. The van der Waals surface area contributed by atoms with Crippen molar-refractivity contribution in [2.45, 2.75) is 52.7 Å². The van der Waals surface area contributed by atoms with E-state index in [2.05, 4.69) is 50.7 Å². The molecule has 0 bridgehead atoms. The van der Waals surface area contributed by atoms with Crippen LogP contribution >= 0.6 is 58.0 Å². The van der Waals surface area contributed by atoms with Crippen molar-refractivity contribution in [2.24, 2.45) is 5.73 Å². The van der Waals surface area contributed by atoms with Crippen LogP contribution in [-0.4, -0.2) is 85.9 Å². The van der Waals surface area contributed by atoms with Crippen LogP contribution in [0.15, 0.2) is 0 Å². The van der Waals surface area contributed by atoms with Crippen molar-refractivity contribution in [3.63, 3.8) is 0 Å². The van der Waals surface area contributed by atoms with E-state index in [4.69, 9.17) is 83.3 Å². The molecule has 0 aliphatic rings. The second kappa shape index (κ2) is 25.4. The predicted molar refractivity (Wildman–Crippen MR) is 158 cm³/mol. The van der Waals surface area contributed by atoms with Crippen LogP contribution in [-0.2, 0) is 19.2 Å². The largest absolute Gasteiger partial charge is 1.00 e. The number of nitrogens with two attached hydrogens (primary N) is 1. The number of anilines is 1. The maximum Gasteiger partial charge on any atom is 1.00 e. The van der Waals surface area contributed by atoms with Crippen LogP contribution in [0.3, 0.4) is 0 Å². The summed E-state index contributed by atoms with van der Waals surface area (Å²) < 4.78 is 10.0. The van der Waals surface area contributed by atoms with Crippen molar-refractivity contribution >= 4 is 82.6 Å². The normalized spacial score (nSPS) is 9.93. The van der Waals surface area contributed by atoms with Crippen molar-refractivity contribution in [3.05, 3.63) is 26.4 Å². The Hall–Kier alpha value is -1.80. The number of amides is 2. The molecular formula is C21H32Cl5N10NaO7. The summed E-state index contributed by atoms with van der Waals surface area (Å²) in [6.45, 7) is 12.3. The second-order valence-electron chi connectivity index (χ2n) is 9.10. The van der Waals surface area contributed by atoms with Crippen LogP contribution in [0.25, 0.3) is 0 Å². The standard InChI is InChI=1S/C10H15Cl2N5O2.C7H16N2O2.C3Cl3N3.CH2O3.Na/c1-10(2,3)19-9(18)14-5-4-13-8-16-6(11)15-7(12)17-8;1-7(2,3)11-6(10)9-5-4-8;4-1-7-2(5)9-3(6)8-1;2-1-4-3;/h4-5H2,1-3H3,(H,14,18)(H,13,15,16,17);4-5,8H2,1-3H3,(H,9,10);;1,3H;/q;;;;+1/p-1. The molecule has 0 unspecified atom stereocenters. The molecule has 0 spiro atoms. The van der Waals surface area contributed by atoms with Crippen molar-refractivity contribution < 1.29 is 63.6 Å². The molecule has 244 valence electrons. The summed E-state index contributed by atoms with van der Waals surface area (Å²) in [5.74, 6) is 0.246. The first kappa shape index (κ1) is 46.6. The predicted octanol–water partition coefficient (Wildman–Crippen LogP) is -0.145. The monoisotopic (exact) mass is 734 g/mol. The Bertz CT molecular complexity index is 1060. The number of halogens is 5. The maximum absolute atomic E-state index is 11.3. The Kier molecular flexibility index (Phi) is 26.9. The molecule has 17 nitrogen and oxygen atoms in total. The summed E-state index contributed by atoms with van der Waals surface area (Å²) in [6, 6.07) is 0. The zero-order chi connectivity index (χ0) is 33.6. The summed E-state index contributed by atoms with van der Waals surface area (Å²) in [5.41, 5.74) is 4.22. The summed E-state index contributed by atoms with van der Waals surface area (Å²) in [4.78, 5) is 55.0. The molecule has 2 aromatic rings. The van der Waals surface area contributed by atoms with Gasteiger partial charge in [0.1, 0.15) is 11.2 Å². The van der Waals surface area contributed by atoms with E-state index in [1.807, 2.05) is 20.8 Å². The molecule has 44 heavy (non-hydrogen) atoms. The van der Waals surface area contributed by atoms with Gasteiger partial charge in [-0.3, -0.25) is 4.79 Å². The van der Waals surface area contributed by atoms with Crippen molar-refractivity contribution in [1.82, 2.24) is 40.5 Å². The van der Waals surface area contributed by atoms with Crippen LogP contribution in [0, 0.1) is 0 Å². The molecule has 23 heteroatoms. The van der Waals surface area contributed by atoms with Gasteiger partial charge in [-0.25, -0.2) is 9.59 Å². The average Bonchev–Trinajstić information content (AvgIpc) is 2.83. The third kappa shape index (κ3) is 31.6. The molecule has 0 saturated heterocycles. The third-order valence-corrected chi connectivity index (χ3v) is 3.91. The van der Waals surface area contributed by atoms with Crippen LogP contribution in [0.2, 0.25) is 26.4 Å². The maximum atomic E-state index is 11.3. The van der Waals surface area contributed by atoms with Gasteiger partial charge < -0.3 is 41.3 Å². The minimum Gasteiger partial charge on any atom is -0.662 e.